The summed E-state index contributed by atoms with van der Waals surface area (Å²) in [7, 11) is 1.66. The first-order valence-electron chi connectivity index (χ1n) is 3.97. The molecule has 0 aromatic heterocycles. The first-order chi connectivity index (χ1) is 5.81. The standard InChI is InChI=1S/C7H17N3O2/c1-12-6-5-9-4-2-3-7(8)10-11/h9,11H,2-6H2,1H3,(H2,8,10). The van der Waals surface area contributed by atoms with Crippen LogP contribution in [0.5, 0.6) is 0 Å². The lowest BCUT2D eigenvalue weighted by Crippen LogP contribution is -2.22. The second kappa shape index (κ2) is 8.29. The fourth-order valence-corrected chi connectivity index (χ4v) is 0.744. The number of nitrogens with two attached hydrogens (primary N) is 1. The number of rotatable bonds is 7. The van der Waals surface area contributed by atoms with E-state index in [1.54, 1.807) is 7.11 Å². The molecule has 0 saturated carbocycles. The van der Waals surface area contributed by atoms with Crippen LogP contribution in [0.3, 0.4) is 0 Å². The molecule has 5 heteroatoms. The number of hydrogen-bond donors (Lipinski definition) is 3. The van der Waals surface area contributed by atoms with Gasteiger partial charge >= 0.3 is 0 Å². The van der Waals surface area contributed by atoms with Gasteiger partial charge in [-0.15, -0.1) is 0 Å². The Labute approximate surface area is 72.6 Å². The molecule has 5 nitrogen and oxygen atoms in total. The maximum atomic E-state index is 8.20. The van der Waals surface area contributed by atoms with E-state index in [0.717, 1.165) is 19.5 Å². The second-order valence-electron chi connectivity index (χ2n) is 2.44. The third kappa shape index (κ3) is 7.30. The molecule has 0 aliphatic carbocycles. The Kier molecular flexibility index (Phi) is 7.73. The Hall–Kier alpha value is -0.810. The highest BCUT2D eigenvalue weighted by molar-refractivity contribution is 5.79. The van der Waals surface area contributed by atoms with Crippen LogP contribution in [0.2, 0.25) is 0 Å². The number of amidine groups is 1. The zero-order valence-electron chi connectivity index (χ0n) is 7.42. The van der Waals surface area contributed by atoms with Crippen molar-refractivity contribution in [3.63, 3.8) is 0 Å². The van der Waals surface area contributed by atoms with Gasteiger partial charge in [0, 0.05) is 20.1 Å². The molecule has 0 aromatic carbocycles. The van der Waals surface area contributed by atoms with E-state index in [1.165, 1.54) is 0 Å². The van der Waals surface area contributed by atoms with Crippen LogP contribution in [-0.2, 0) is 4.74 Å². The molecule has 0 bridgehead atoms. The Morgan fingerprint density at radius 2 is 2.33 bits per heavy atom. The Balaban J connectivity index is 3.00. The summed E-state index contributed by atoms with van der Waals surface area (Å²) in [6.07, 6.45) is 1.50. The fourth-order valence-electron chi connectivity index (χ4n) is 0.744. The summed E-state index contributed by atoms with van der Waals surface area (Å²) in [5, 5.41) is 14.2. The highest BCUT2D eigenvalue weighted by Gasteiger charge is 1.92. The van der Waals surface area contributed by atoms with Crippen LogP contribution in [-0.4, -0.2) is 37.8 Å². The average molecular weight is 175 g/mol. The Bertz CT molecular complexity index is 128. The number of ether oxygens (including phenoxy) is 1. The minimum absolute atomic E-state index is 0.281. The van der Waals surface area contributed by atoms with Crippen molar-refractivity contribution < 1.29 is 9.94 Å². The predicted octanol–water partition coefficient (Wildman–Crippen LogP) is -0.251. The van der Waals surface area contributed by atoms with E-state index in [9.17, 15) is 0 Å². The maximum absolute atomic E-state index is 8.20. The minimum atomic E-state index is 0.281. The summed E-state index contributed by atoms with van der Waals surface area (Å²) in [4.78, 5) is 0. The summed E-state index contributed by atoms with van der Waals surface area (Å²) in [6, 6.07) is 0. The van der Waals surface area contributed by atoms with Crippen molar-refractivity contribution in [2.75, 3.05) is 26.8 Å². The van der Waals surface area contributed by atoms with Crippen LogP contribution in [0.4, 0.5) is 0 Å². The summed E-state index contributed by atoms with van der Waals surface area (Å²) in [6.45, 7) is 2.41. The molecule has 0 unspecified atom stereocenters. The summed E-state index contributed by atoms with van der Waals surface area (Å²) in [5.41, 5.74) is 5.26. The molecular formula is C7H17N3O2. The molecule has 0 fully saturated rings. The highest BCUT2D eigenvalue weighted by Crippen LogP contribution is 1.85. The van der Waals surface area contributed by atoms with E-state index in [2.05, 4.69) is 10.5 Å². The number of nitrogens with zero attached hydrogens (tertiary/aromatic N) is 1. The van der Waals surface area contributed by atoms with Crippen LogP contribution in [0.1, 0.15) is 12.8 Å². The number of methoxy groups -OCH3 is 1. The topological polar surface area (TPSA) is 79.9 Å². The minimum Gasteiger partial charge on any atom is -0.409 e. The average Bonchev–Trinajstić information content (AvgIpc) is 2.10. The van der Waals surface area contributed by atoms with E-state index in [1.807, 2.05) is 0 Å². The Morgan fingerprint density at radius 1 is 1.58 bits per heavy atom. The molecular weight excluding hydrogens is 158 g/mol. The molecule has 0 aliphatic rings. The van der Waals surface area contributed by atoms with E-state index in [0.29, 0.717) is 13.0 Å². The summed E-state index contributed by atoms with van der Waals surface area (Å²) in [5.74, 6) is 0.281. The molecule has 0 saturated heterocycles. The second-order valence-corrected chi connectivity index (χ2v) is 2.44. The van der Waals surface area contributed by atoms with Crippen molar-refractivity contribution in [2.45, 2.75) is 12.8 Å². The lowest BCUT2D eigenvalue weighted by atomic mass is 10.3. The van der Waals surface area contributed by atoms with E-state index in [-0.39, 0.29) is 5.84 Å². The predicted molar refractivity (Wildman–Crippen MR) is 47.4 cm³/mol. The lowest BCUT2D eigenvalue weighted by molar-refractivity contribution is 0.199. The van der Waals surface area contributed by atoms with Gasteiger partial charge in [-0.25, -0.2) is 0 Å². The van der Waals surface area contributed by atoms with Gasteiger partial charge < -0.3 is 21.0 Å². The molecule has 4 N–H and O–H groups in total. The monoisotopic (exact) mass is 175 g/mol. The lowest BCUT2D eigenvalue weighted by Gasteiger charge is -2.02. The smallest absolute Gasteiger partial charge is 0.139 e. The van der Waals surface area contributed by atoms with Crippen LogP contribution >= 0.6 is 0 Å². The van der Waals surface area contributed by atoms with Gasteiger partial charge in [-0.1, -0.05) is 5.16 Å². The van der Waals surface area contributed by atoms with Gasteiger partial charge in [0.1, 0.15) is 5.84 Å². The number of hydrogen-bond acceptors (Lipinski definition) is 4. The van der Waals surface area contributed by atoms with Crippen molar-refractivity contribution in [3.05, 3.63) is 0 Å². The molecule has 0 heterocycles. The van der Waals surface area contributed by atoms with Gasteiger partial charge in [0.05, 0.1) is 6.61 Å². The maximum Gasteiger partial charge on any atom is 0.139 e. The third-order valence-corrected chi connectivity index (χ3v) is 1.40. The zero-order chi connectivity index (χ0) is 9.23. The molecule has 12 heavy (non-hydrogen) atoms. The molecule has 0 amide bonds. The molecule has 72 valence electrons. The van der Waals surface area contributed by atoms with Crippen LogP contribution in [0, 0.1) is 0 Å². The molecule has 0 rings (SSSR count). The third-order valence-electron chi connectivity index (χ3n) is 1.40. The van der Waals surface area contributed by atoms with Gasteiger partial charge in [0.15, 0.2) is 0 Å². The van der Waals surface area contributed by atoms with Gasteiger partial charge in [0.2, 0.25) is 0 Å². The molecule has 0 atom stereocenters. The summed E-state index contributed by atoms with van der Waals surface area (Å²) < 4.78 is 4.84. The van der Waals surface area contributed by atoms with Crippen molar-refractivity contribution >= 4 is 5.84 Å². The molecule has 0 spiro atoms. The first kappa shape index (κ1) is 11.2. The molecule has 0 aliphatic heterocycles. The van der Waals surface area contributed by atoms with Crippen LogP contribution in [0.15, 0.2) is 5.16 Å². The zero-order valence-corrected chi connectivity index (χ0v) is 7.42. The highest BCUT2D eigenvalue weighted by atomic mass is 16.5. The summed E-state index contributed by atoms with van der Waals surface area (Å²) >= 11 is 0. The van der Waals surface area contributed by atoms with Crippen molar-refractivity contribution in [2.24, 2.45) is 10.9 Å². The fraction of sp³-hybridized carbons (Fsp3) is 0.857. The van der Waals surface area contributed by atoms with E-state index in [4.69, 9.17) is 15.7 Å². The van der Waals surface area contributed by atoms with Crippen molar-refractivity contribution in [1.29, 1.82) is 0 Å². The van der Waals surface area contributed by atoms with Gasteiger partial charge in [0.25, 0.3) is 0 Å². The van der Waals surface area contributed by atoms with Crippen LogP contribution in [0.25, 0.3) is 0 Å². The normalized spacial score (nSPS) is 11.9. The first-order valence-corrected chi connectivity index (χ1v) is 3.97. The van der Waals surface area contributed by atoms with Gasteiger partial charge in [-0.2, -0.15) is 0 Å². The molecule has 0 radical (unpaired) electrons. The SMILES string of the molecule is COCCNCCCC(N)=NO. The van der Waals surface area contributed by atoms with Crippen molar-refractivity contribution in [1.82, 2.24) is 5.32 Å². The van der Waals surface area contributed by atoms with Crippen molar-refractivity contribution in [3.8, 4) is 0 Å². The Morgan fingerprint density at radius 3 is 2.92 bits per heavy atom. The van der Waals surface area contributed by atoms with Gasteiger partial charge in [-0.05, 0) is 13.0 Å². The molecule has 0 aromatic rings. The number of oxime groups is 1. The largest absolute Gasteiger partial charge is 0.409 e. The van der Waals surface area contributed by atoms with E-state index < -0.39 is 0 Å². The number of nitrogens with one attached hydrogen (secondary N) is 1. The quantitative estimate of drug-likeness (QED) is 0.164. The van der Waals surface area contributed by atoms with E-state index >= 15 is 0 Å². The van der Waals surface area contributed by atoms with Crippen LogP contribution < -0.4 is 11.1 Å². The van der Waals surface area contributed by atoms with Gasteiger partial charge in [-0.3, -0.25) is 0 Å².